The van der Waals surface area contributed by atoms with Gasteiger partial charge in [0.2, 0.25) is 5.91 Å². The average Bonchev–Trinajstić information content (AvgIpc) is 3.80. The minimum atomic E-state index is -4.99. The van der Waals surface area contributed by atoms with E-state index in [0.717, 1.165) is 29.0 Å². The first-order chi connectivity index (χ1) is 23.7. The van der Waals surface area contributed by atoms with Crippen LogP contribution in [0.25, 0.3) is 11.1 Å². The number of terminal acetylenes is 1. The Morgan fingerprint density at radius 3 is 2.18 bits per heavy atom. The van der Waals surface area contributed by atoms with Gasteiger partial charge in [0.05, 0.1) is 29.8 Å². The van der Waals surface area contributed by atoms with Gasteiger partial charge in [0, 0.05) is 17.2 Å². The van der Waals surface area contributed by atoms with Crippen LogP contribution >= 0.6 is 0 Å². The number of rotatable bonds is 13. The number of carboxylic acids is 1. The summed E-state index contributed by atoms with van der Waals surface area (Å²) in [7, 11) is 3.52. The van der Waals surface area contributed by atoms with Crippen molar-refractivity contribution in [1.82, 2.24) is 14.8 Å². The molecular weight excluding hydrogens is 680 g/mol. The number of aromatic nitrogens is 1. The van der Waals surface area contributed by atoms with Gasteiger partial charge in [-0.1, -0.05) is 19.8 Å². The van der Waals surface area contributed by atoms with Gasteiger partial charge in [0.25, 0.3) is 5.56 Å². The molecule has 2 aromatic carbocycles. The first-order valence-electron chi connectivity index (χ1n) is 16.1. The fourth-order valence-electron chi connectivity index (χ4n) is 6.23. The Balaban J connectivity index is 1.85. The topological polar surface area (TPSA) is 101 Å². The highest BCUT2D eigenvalue weighted by Gasteiger charge is 2.46. The molecular formula is C37H39F6N3O5. The van der Waals surface area contributed by atoms with Crippen molar-refractivity contribution in [3.63, 3.8) is 0 Å². The van der Waals surface area contributed by atoms with Crippen molar-refractivity contribution in [2.24, 2.45) is 5.92 Å². The van der Waals surface area contributed by atoms with Crippen LogP contribution in [-0.2, 0) is 15.8 Å². The molecule has 1 aliphatic rings. The fourth-order valence-corrected chi connectivity index (χ4v) is 6.23. The van der Waals surface area contributed by atoms with Crippen LogP contribution in [0.3, 0.4) is 0 Å². The van der Waals surface area contributed by atoms with E-state index in [1.807, 2.05) is 4.90 Å². The predicted octanol–water partition coefficient (Wildman–Crippen LogP) is 6.94. The zero-order valence-electron chi connectivity index (χ0n) is 29.0. The number of halogens is 6. The van der Waals surface area contributed by atoms with E-state index in [2.05, 4.69) is 11.2 Å². The van der Waals surface area contributed by atoms with E-state index < -0.39 is 87.5 Å². The summed E-state index contributed by atoms with van der Waals surface area (Å²) in [4.78, 5) is 41.1. The van der Waals surface area contributed by atoms with E-state index in [1.165, 1.54) is 13.8 Å². The lowest BCUT2D eigenvalue weighted by molar-refractivity contribution is -0.139. The summed E-state index contributed by atoms with van der Waals surface area (Å²) in [6, 6.07) is 0.109. The van der Waals surface area contributed by atoms with Gasteiger partial charge in [0.1, 0.15) is 41.4 Å². The summed E-state index contributed by atoms with van der Waals surface area (Å²) in [5.41, 5.74) is -4.02. The van der Waals surface area contributed by atoms with Crippen molar-refractivity contribution in [3.05, 3.63) is 86.1 Å². The van der Waals surface area contributed by atoms with Crippen LogP contribution in [0.4, 0.5) is 26.3 Å². The third-order valence-corrected chi connectivity index (χ3v) is 9.16. The smallest absolute Gasteiger partial charge is 0.420 e. The van der Waals surface area contributed by atoms with E-state index in [-0.39, 0.29) is 41.2 Å². The van der Waals surface area contributed by atoms with Crippen molar-refractivity contribution < 1.29 is 45.8 Å². The molecule has 0 saturated heterocycles. The molecule has 0 unspecified atom stereocenters. The molecule has 1 amide bonds. The van der Waals surface area contributed by atoms with Gasteiger partial charge in [-0.05, 0) is 88.0 Å². The summed E-state index contributed by atoms with van der Waals surface area (Å²) < 4.78 is 95.2. The summed E-state index contributed by atoms with van der Waals surface area (Å²) in [5.74, 6) is -4.85. The third kappa shape index (κ3) is 8.41. The van der Waals surface area contributed by atoms with Gasteiger partial charge >= 0.3 is 12.1 Å². The first kappa shape index (κ1) is 39.0. The molecule has 0 radical (unpaired) electrons. The second kappa shape index (κ2) is 14.8. The predicted molar refractivity (Wildman–Crippen MR) is 178 cm³/mol. The van der Waals surface area contributed by atoms with Gasteiger partial charge in [-0.15, -0.1) is 6.42 Å². The highest BCUT2D eigenvalue weighted by Crippen LogP contribution is 2.42. The molecule has 274 valence electrons. The number of pyridine rings is 1. The normalized spacial score (nSPS) is 15.0. The molecule has 14 heteroatoms. The summed E-state index contributed by atoms with van der Waals surface area (Å²) in [5, 5.41) is 12.1. The van der Waals surface area contributed by atoms with Gasteiger partial charge in [-0.2, -0.15) is 13.2 Å². The second-order valence-electron chi connectivity index (χ2n) is 13.6. The lowest BCUT2D eigenvalue weighted by Gasteiger charge is -2.28. The molecule has 51 heavy (non-hydrogen) atoms. The molecule has 1 fully saturated rings. The molecule has 3 aromatic rings. The first-order valence-corrected chi connectivity index (χ1v) is 16.1. The van der Waals surface area contributed by atoms with Crippen molar-refractivity contribution in [3.8, 4) is 29.2 Å². The minimum absolute atomic E-state index is 0.136. The molecule has 0 bridgehead atoms. The van der Waals surface area contributed by atoms with Crippen LogP contribution in [0.1, 0.15) is 79.4 Å². The number of carbonyl (C=O) groups excluding carboxylic acids is 1. The fraction of sp³-hybridized carbons (Fsp3) is 0.432. The number of ether oxygens (including phenoxy) is 1. The maximum absolute atomic E-state index is 16.5. The number of aryl methyl sites for hydroxylation is 2. The van der Waals surface area contributed by atoms with Crippen molar-refractivity contribution in [2.45, 2.75) is 77.2 Å². The van der Waals surface area contributed by atoms with Gasteiger partial charge < -0.3 is 20.1 Å². The van der Waals surface area contributed by atoms with E-state index in [4.69, 9.17) is 11.2 Å². The Morgan fingerprint density at radius 1 is 1.08 bits per heavy atom. The van der Waals surface area contributed by atoms with Crippen LogP contribution in [0.15, 0.2) is 35.3 Å². The molecule has 1 heterocycles. The Kier molecular flexibility index (Phi) is 11.4. The molecule has 2 atom stereocenters. The number of alkyl halides is 3. The Hall–Kier alpha value is -4.77. The van der Waals surface area contributed by atoms with Crippen LogP contribution < -0.4 is 15.6 Å². The number of likely N-dealkylation sites (N-methyl/N-ethyl adjacent to an activating group) is 1. The summed E-state index contributed by atoms with van der Waals surface area (Å²) >= 11 is 0. The highest BCUT2D eigenvalue weighted by molar-refractivity contribution is 5.82. The number of carbonyl (C=O) groups is 2. The quantitative estimate of drug-likeness (QED) is 0.147. The van der Waals surface area contributed by atoms with Crippen molar-refractivity contribution in [2.75, 3.05) is 20.7 Å². The van der Waals surface area contributed by atoms with Crippen LogP contribution in [0, 0.1) is 49.6 Å². The van der Waals surface area contributed by atoms with E-state index in [9.17, 15) is 37.1 Å². The largest absolute Gasteiger partial charge is 0.489 e. The standard InChI is InChI=1S/C37H39F6N3O5/c1-8-22-14-24(31-20(4)12-23(38)13-21(31)5)34(40)32(33(22)39)26(16-30(48)49)44-35(50)27(11-19(2)3)46-17-28(25(15-29(46)47)37(41,42)43)51-18-36(9-10-36)45(6)7/h1,12-15,17,19,26-27H,9-11,16,18H2,2-7H3,(H,44,50)(H,48,49)/t26-,27-/m0/s1. The average molecular weight is 720 g/mol. The Morgan fingerprint density at radius 2 is 1.69 bits per heavy atom. The number of nitrogens with zero attached hydrogens (tertiary/aromatic N) is 2. The maximum atomic E-state index is 16.5. The van der Waals surface area contributed by atoms with E-state index in [0.29, 0.717) is 18.9 Å². The number of hydrogen-bond acceptors (Lipinski definition) is 5. The monoisotopic (exact) mass is 719 g/mol. The molecule has 0 spiro atoms. The number of aliphatic carboxylic acids is 1. The zero-order valence-corrected chi connectivity index (χ0v) is 29.0. The second-order valence-corrected chi connectivity index (χ2v) is 13.6. The molecule has 4 rings (SSSR count). The number of hydrogen-bond donors (Lipinski definition) is 2. The molecule has 0 aliphatic heterocycles. The SMILES string of the molecule is C#Cc1cc(-c2c(C)cc(F)cc2C)c(F)c([C@H](CC(=O)O)NC(=O)[C@H](CC(C)C)n2cc(OCC3(N(C)C)CC3)c(C(F)(F)F)cc2=O)c1F. The summed E-state index contributed by atoms with van der Waals surface area (Å²) in [6.45, 7) is 6.18. The zero-order chi connectivity index (χ0) is 38.2. The van der Waals surface area contributed by atoms with Crippen LogP contribution in [0.5, 0.6) is 5.75 Å². The van der Waals surface area contributed by atoms with Crippen LogP contribution in [0.2, 0.25) is 0 Å². The lowest BCUT2D eigenvalue weighted by atomic mass is 9.89. The molecule has 8 nitrogen and oxygen atoms in total. The molecule has 1 aromatic heterocycles. The van der Waals surface area contributed by atoms with Crippen LogP contribution in [-0.4, -0.2) is 52.7 Å². The van der Waals surface area contributed by atoms with Gasteiger partial charge in [-0.25, -0.2) is 13.2 Å². The number of benzene rings is 2. The molecule has 1 aliphatic carbocycles. The maximum Gasteiger partial charge on any atom is 0.420 e. The minimum Gasteiger partial charge on any atom is -0.489 e. The number of amides is 1. The van der Waals surface area contributed by atoms with E-state index >= 15 is 8.78 Å². The number of nitrogens with one attached hydrogen (secondary N) is 1. The van der Waals surface area contributed by atoms with E-state index in [1.54, 1.807) is 27.9 Å². The molecule has 2 N–H and O–H groups in total. The lowest BCUT2D eigenvalue weighted by Crippen LogP contribution is -2.41. The third-order valence-electron chi connectivity index (χ3n) is 9.16. The Labute approximate surface area is 291 Å². The summed E-state index contributed by atoms with van der Waals surface area (Å²) in [6.07, 6.45) is 1.47. The van der Waals surface area contributed by atoms with Gasteiger partial charge in [-0.3, -0.25) is 19.0 Å². The molecule has 1 saturated carbocycles. The van der Waals surface area contributed by atoms with Gasteiger partial charge in [0.15, 0.2) is 0 Å². The highest BCUT2D eigenvalue weighted by atomic mass is 19.4. The van der Waals surface area contributed by atoms with Crippen molar-refractivity contribution in [1.29, 1.82) is 0 Å². The number of carboxylic acid groups (broad SMARTS) is 1. The van der Waals surface area contributed by atoms with Crippen molar-refractivity contribution >= 4 is 11.9 Å². The Bertz CT molecular complexity index is 1920.